The number of rotatable bonds is 11. The topological polar surface area (TPSA) is 93.9 Å². The van der Waals surface area contributed by atoms with Crippen LogP contribution in [0.2, 0.25) is 0 Å². The van der Waals surface area contributed by atoms with Gasteiger partial charge in [0, 0.05) is 32.7 Å². The molecule has 0 radical (unpaired) electrons. The zero-order chi connectivity index (χ0) is 27.9. The third-order valence-corrected chi connectivity index (χ3v) is 7.05. The van der Waals surface area contributed by atoms with Gasteiger partial charge in [-0.05, 0) is 48.9 Å². The molecule has 5 rings (SSSR count). The number of fused-ring (bicyclic) bond motifs is 1. The van der Waals surface area contributed by atoms with Crippen molar-refractivity contribution in [3.05, 3.63) is 77.2 Å². The highest BCUT2D eigenvalue weighted by molar-refractivity contribution is 5.98. The normalized spacial score (nSPS) is 14.7. The number of benzene rings is 2. The van der Waals surface area contributed by atoms with Crippen LogP contribution >= 0.6 is 0 Å². The first-order chi connectivity index (χ1) is 19.5. The Kier molecular flexibility index (Phi) is 8.87. The number of hydrogen-bond acceptors (Lipinski definition) is 8. The lowest BCUT2D eigenvalue weighted by atomic mass is 10.1. The molecule has 0 aliphatic carbocycles. The van der Waals surface area contributed by atoms with Gasteiger partial charge in [-0.3, -0.25) is 14.5 Å². The van der Waals surface area contributed by atoms with Gasteiger partial charge < -0.3 is 33.2 Å². The van der Waals surface area contributed by atoms with E-state index in [9.17, 15) is 9.59 Å². The molecule has 0 spiro atoms. The third-order valence-electron chi connectivity index (χ3n) is 7.05. The molecular formula is C30H35N3O7. The van der Waals surface area contributed by atoms with Crippen molar-refractivity contribution in [2.75, 3.05) is 59.8 Å². The average molecular weight is 550 g/mol. The molecular weight excluding hydrogens is 514 g/mol. The minimum atomic E-state index is -0.254. The first kappa shape index (κ1) is 27.5. The fraction of sp³-hybridized carbons (Fsp3) is 0.400. The van der Waals surface area contributed by atoms with E-state index >= 15 is 0 Å². The summed E-state index contributed by atoms with van der Waals surface area (Å²) in [5.41, 5.74) is 1.31. The van der Waals surface area contributed by atoms with Crippen molar-refractivity contribution in [3.8, 4) is 17.2 Å². The van der Waals surface area contributed by atoms with Crippen LogP contribution in [0.5, 0.6) is 17.2 Å². The molecule has 0 bridgehead atoms. The van der Waals surface area contributed by atoms with Crippen molar-refractivity contribution in [2.45, 2.75) is 20.0 Å². The monoisotopic (exact) mass is 549 g/mol. The largest absolute Gasteiger partial charge is 0.496 e. The molecule has 1 fully saturated rings. The molecule has 3 aromatic rings. The van der Waals surface area contributed by atoms with Crippen LogP contribution < -0.4 is 14.2 Å². The smallest absolute Gasteiger partial charge is 0.258 e. The van der Waals surface area contributed by atoms with Crippen LogP contribution in [0.15, 0.2) is 59.0 Å². The number of amides is 2. The van der Waals surface area contributed by atoms with Gasteiger partial charge in [0.2, 0.25) is 12.7 Å². The standard InChI is InChI=1S/C30H35N3O7/c1-22-7-9-24(40-22)19-33(18-23-8-10-27-28(17-23)39-21-38-27)29(34)20-32(12-11-31-13-15-37-16-14-31)30(35)25-5-3-4-6-26(25)36-2/h3-10,17H,11-16,18-21H2,1-2H3. The predicted molar refractivity (Wildman–Crippen MR) is 146 cm³/mol. The maximum Gasteiger partial charge on any atom is 0.258 e. The molecule has 2 aromatic carbocycles. The number of ether oxygens (including phenoxy) is 4. The summed E-state index contributed by atoms with van der Waals surface area (Å²) in [5, 5.41) is 0. The Morgan fingerprint density at radius 3 is 2.52 bits per heavy atom. The Bertz CT molecular complexity index is 1320. The van der Waals surface area contributed by atoms with Gasteiger partial charge in [0.1, 0.15) is 23.8 Å². The Labute approximate surface area is 233 Å². The second-order valence-electron chi connectivity index (χ2n) is 9.83. The van der Waals surface area contributed by atoms with Gasteiger partial charge >= 0.3 is 0 Å². The van der Waals surface area contributed by atoms with Crippen LogP contribution in [-0.4, -0.2) is 86.4 Å². The molecule has 40 heavy (non-hydrogen) atoms. The summed E-state index contributed by atoms with van der Waals surface area (Å²) in [4.78, 5) is 33.3. The van der Waals surface area contributed by atoms with E-state index < -0.39 is 0 Å². The van der Waals surface area contributed by atoms with E-state index in [1.54, 1.807) is 28.0 Å². The number of aryl methyl sites for hydroxylation is 1. The van der Waals surface area contributed by atoms with Crippen LogP contribution in [0, 0.1) is 6.92 Å². The molecule has 10 nitrogen and oxygen atoms in total. The van der Waals surface area contributed by atoms with E-state index in [2.05, 4.69) is 4.90 Å². The van der Waals surface area contributed by atoms with Gasteiger partial charge in [0.25, 0.3) is 5.91 Å². The molecule has 2 aliphatic rings. The van der Waals surface area contributed by atoms with E-state index in [0.29, 0.717) is 61.4 Å². The van der Waals surface area contributed by atoms with Crippen molar-refractivity contribution in [1.29, 1.82) is 0 Å². The van der Waals surface area contributed by atoms with Crippen LogP contribution in [0.4, 0.5) is 0 Å². The number of carbonyl (C=O) groups is 2. The molecule has 0 unspecified atom stereocenters. The Hall–Kier alpha value is -4.02. The van der Waals surface area contributed by atoms with Crippen molar-refractivity contribution in [2.24, 2.45) is 0 Å². The third kappa shape index (κ3) is 6.75. The summed E-state index contributed by atoms with van der Waals surface area (Å²) in [6.45, 7) is 6.45. The number of morpholine rings is 1. The Balaban J connectivity index is 1.37. The molecule has 1 saturated heterocycles. The number of furan rings is 1. The highest BCUT2D eigenvalue weighted by atomic mass is 16.7. The maximum absolute atomic E-state index is 13.9. The molecule has 2 aliphatic heterocycles. The van der Waals surface area contributed by atoms with E-state index in [-0.39, 0.29) is 31.7 Å². The lowest BCUT2D eigenvalue weighted by Gasteiger charge is -2.31. The van der Waals surface area contributed by atoms with E-state index in [1.807, 2.05) is 43.3 Å². The molecule has 212 valence electrons. The van der Waals surface area contributed by atoms with Gasteiger partial charge in [0.15, 0.2) is 11.5 Å². The Morgan fingerprint density at radius 1 is 0.950 bits per heavy atom. The summed E-state index contributed by atoms with van der Waals surface area (Å²) in [5.74, 6) is 2.79. The quantitative estimate of drug-likeness (QED) is 0.360. The van der Waals surface area contributed by atoms with Crippen LogP contribution in [0.3, 0.4) is 0 Å². The highest BCUT2D eigenvalue weighted by Gasteiger charge is 2.26. The van der Waals surface area contributed by atoms with Crippen LogP contribution in [0.1, 0.15) is 27.4 Å². The summed E-state index contributed by atoms with van der Waals surface area (Å²) in [6, 6.07) is 16.5. The first-order valence-electron chi connectivity index (χ1n) is 13.4. The second kappa shape index (κ2) is 12.9. The van der Waals surface area contributed by atoms with Crippen LogP contribution in [0.25, 0.3) is 0 Å². The van der Waals surface area contributed by atoms with Gasteiger partial charge in [-0.2, -0.15) is 0 Å². The molecule has 10 heteroatoms. The molecule has 3 heterocycles. The number of methoxy groups -OCH3 is 1. The molecule has 2 amide bonds. The minimum Gasteiger partial charge on any atom is -0.496 e. The maximum atomic E-state index is 13.9. The zero-order valence-corrected chi connectivity index (χ0v) is 23.0. The van der Waals surface area contributed by atoms with Crippen molar-refractivity contribution in [3.63, 3.8) is 0 Å². The number of hydrogen-bond donors (Lipinski definition) is 0. The van der Waals surface area contributed by atoms with E-state index in [4.69, 9.17) is 23.4 Å². The summed E-state index contributed by atoms with van der Waals surface area (Å²) < 4.78 is 27.7. The molecule has 0 saturated carbocycles. The lowest BCUT2D eigenvalue weighted by Crippen LogP contribution is -2.47. The van der Waals surface area contributed by atoms with E-state index in [1.165, 1.54) is 7.11 Å². The zero-order valence-electron chi connectivity index (χ0n) is 23.0. The first-order valence-corrected chi connectivity index (χ1v) is 13.4. The van der Waals surface area contributed by atoms with Crippen LogP contribution in [-0.2, 0) is 22.6 Å². The fourth-order valence-corrected chi connectivity index (χ4v) is 4.84. The lowest BCUT2D eigenvalue weighted by molar-refractivity contribution is -0.133. The fourth-order valence-electron chi connectivity index (χ4n) is 4.84. The van der Waals surface area contributed by atoms with Gasteiger partial charge in [-0.15, -0.1) is 0 Å². The minimum absolute atomic E-state index is 0.0918. The second-order valence-corrected chi connectivity index (χ2v) is 9.83. The summed E-state index contributed by atoms with van der Waals surface area (Å²) in [6.07, 6.45) is 0. The number of nitrogens with zero attached hydrogens (tertiary/aromatic N) is 3. The average Bonchev–Trinajstić information content (AvgIpc) is 3.63. The number of para-hydroxylation sites is 1. The number of carbonyl (C=O) groups excluding carboxylic acids is 2. The Morgan fingerprint density at radius 2 is 1.75 bits per heavy atom. The van der Waals surface area contributed by atoms with Gasteiger partial charge in [-0.25, -0.2) is 0 Å². The van der Waals surface area contributed by atoms with Gasteiger partial charge in [-0.1, -0.05) is 18.2 Å². The summed E-state index contributed by atoms with van der Waals surface area (Å²) >= 11 is 0. The molecule has 0 N–H and O–H groups in total. The molecule has 0 atom stereocenters. The van der Waals surface area contributed by atoms with E-state index in [0.717, 1.165) is 24.4 Å². The van der Waals surface area contributed by atoms with Crippen molar-refractivity contribution >= 4 is 11.8 Å². The van der Waals surface area contributed by atoms with Crippen molar-refractivity contribution in [1.82, 2.24) is 14.7 Å². The van der Waals surface area contributed by atoms with Crippen molar-refractivity contribution < 1.29 is 33.0 Å². The summed E-state index contributed by atoms with van der Waals surface area (Å²) in [7, 11) is 1.54. The predicted octanol–water partition coefficient (Wildman–Crippen LogP) is 3.33. The van der Waals surface area contributed by atoms with Gasteiger partial charge in [0.05, 0.1) is 32.4 Å². The SMILES string of the molecule is COc1ccccc1C(=O)N(CCN1CCOCC1)CC(=O)N(Cc1ccc2c(c1)OCO2)Cc1ccc(C)o1. The molecule has 1 aromatic heterocycles. The highest BCUT2D eigenvalue weighted by Crippen LogP contribution is 2.33.